The third-order valence-corrected chi connectivity index (χ3v) is 6.12. The van der Waals surface area contributed by atoms with E-state index in [0.717, 1.165) is 30.8 Å². The fraction of sp³-hybridized carbons (Fsp3) is 0.385. The molecular formula is C26H31N3O7. The van der Waals surface area contributed by atoms with E-state index < -0.39 is 0 Å². The summed E-state index contributed by atoms with van der Waals surface area (Å²) >= 11 is 0. The molecule has 0 bridgehead atoms. The lowest BCUT2D eigenvalue weighted by Crippen LogP contribution is -2.50. The summed E-state index contributed by atoms with van der Waals surface area (Å²) in [5, 5.41) is 11.6. The Labute approximate surface area is 210 Å². The SMILES string of the molecule is COc1cc2c(cc1OC)C(=Cc1ccc(OC(=O)N3CCN(CCOCCO)CC3)cc1)C(=O)N2. The number of nitrogens with one attached hydrogen (secondary N) is 1. The summed E-state index contributed by atoms with van der Waals surface area (Å²) in [6.07, 6.45) is 1.39. The van der Waals surface area contributed by atoms with E-state index in [9.17, 15) is 9.59 Å². The molecule has 0 aromatic heterocycles. The van der Waals surface area contributed by atoms with Gasteiger partial charge in [-0.1, -0.05) is 12.1 Å². The van der Waals surface area contributed by atoms with E-state index in [0.29, 0.717) is 54.8 Å². The molecule has 0 unspecified atom stereocenters. The molecule has 1 fully saturated rings. The zero-order chi connectivity index (χ0) is 25.5. The quantitative estimate of drug-likeness (QED) is 0.401. The van der Waals surface area contributed by atoms with Crippen LogP contribution in [0.2, 0.25) is 0 Å². The molecule has 192 valence electrons. The van der Waals surface area contributed by atoms with Crippen molar-refractivity contribution in [1.29, 1.82) is 0 Å². The number of hydrogen-bond acceptors (Lipinski definition) is 8. The van der Waals surface area contributed by atoms with Crippen LogP contribution >= 0.6 is 0 Å². The molecule has 2 aromatic rings. The number of nitrogens with zero attached hydrogens (tertiary/aromatic N) is 2. The third kappa shape index (κ3) is 5.96. The number of methoxy groups -OCH3 is 2. The number of carbonyl (C=O) groups excluding carboxylic acids is 2. The number of anilines is 1. The summed E-state index contributed by atoms with van der Waals surface area (Å²) in [5.74, 6) is 1.30. The molecule has 4 rings (SSSR count). The van der Waals surface area contributed by atoms with E-state index in [-0.39, 0.29) is 18.6 Å². The number of amides is 2. The molecule has 0 saturated carbocycles. The van der Waals surface area contributed by atoms with Gasteiger partial charge in [-0.3, -0.25) is 9.69 Å². The van der Waals surface area contributed by atoms with E-state index in [1.807, 2.05) is 0 Å². The van der Waals surface area contributed by atoms with Crippen molar-refractivity contribution in [1.82, 2.24) is 9.80 Å². The first kappa shape index (κ1) is 25.5. The van der Waals surface area contributed by atoms with Gasteiger partial charge in [-0.15, -0.1) is 0 Å². The number of aliphatic hydroxyl groups is 1. The number of ether oxygens (including phenoxy) is 4. The lowest BCUT2D eigenvalue weighted by molar-refractivity contribution is -0.110. The standard InChI is InChI=1S/C26H31N3O7/c1-33-23-16-20-21(25(31)27-22(20)17-24(23)34-2)15-18-3-5-19(6-4-18)36-26(32)29-9-7-28(8-10-29)11-13-35-14-12-30/h3-6,15-17,30H,7-14H2,1-2H3,(H,27,31). The zero-order valence-corrected chi connectivity index (χ0v) is 20.5. The van der Waals surface area contributed by atoms with Gasteiger partial charge in [-0.25, -0.2) is 4.79 Å². The van der Waals surface area contributed by atoms with Crippen LogP contribution in [0, 0.1) is 0 Å². The van der Waals surface area contributed by atoms with Crippen molar-refractivity contribution < 1.29 is 33.6 Å². The summed E-state index contributed by atoms with van der Waals surface area (Å²) in [7, 11) is 3.10. The predicted molar refractivity (Wildman–Crippen MR) is 134 cm³/mol. The van der Waals surface area contributed by atoms with Gasteiger partial charge in [0.05, 0.1) is 39.7 Å². The van der Waals surface area contributed by atoms with Crippen molar-refractivity contribution in [3.8, 4) is 17.2 Å². The van der Waals surface area contributed by atoms with Crippen molar-refractivity contribution in [3.05, 3.63) is 47.5 Å². The van der Waals surface area contributed by atoms with Crippen molar-refractivity contribution in [2.45, 2.75) is 0 Å². The molecule has 36 heavy (non-hydrogen) atoms. The van der Waals surface area contributed by atoms with Gasteiger partial charge in [0.2, 0.25) is 0 Å². The van der Waals surface area contributed by atoms with E-state index in [4.69, 9.17) is 24.1 Å². The number of piperazine rings is 1. The van der Waals surface area contributed by atoms with Gasteiger partial charge < -0.3 is 34.3 Å². The topological polar surface area (TPSA) is 110 Å². The minimum atomic E-state index is -0.387. The first-order valence-corrected chi connectivity index (χ1v) is 11.8. The molecule has 10 nitrogen and oxygen atoms in total. The van der Waals surface area contributed by atoms with E-state index in [2.05, 4.69) is 10.2 Å². The number of fused-ring (bicyclic) bond motifs is 1. The van der Waals surface area contributed by atoms with Gasteiger partial charge in [0.1, 0.15) is 5.75 Å². The maximum Gasteiger partial charge on any atom is 0.415 e. The first-order chi connectivity index (χ1) is 17.5. The third-order valence-electron chi connectivity index (χ3n) is 6.12. The van der Waals surface area contributed by atoms with Crippen molar-refractivity contribution >= 4 is 29.3 Å². The second kappa shape index (κ2) is 11.9. The highest BCUT2D eigenvalue weighted by molar-refractivity contribution is 6.35. The second-order valence-electron chi connectivity index (χ2n) is 8.37. The number of benzene rings is 2. The molecule has 2 heterocycles. The van der Waals surface area contributed by atoms with E-state index in [1.54, 1.807) is 61.6 Å². The molecule has 2 aliphatic heterocycles. The molecule has 2 amide bonds. The fourth-order valence-electron chi connectivity index (χ4n) is 4.14. The first-order valence-electron chi connectivity index (χ1n) is 11.8. The molecule has 0 spiro atoms. The fourth-order valence-corrected chi connectivity index (χ4v) is 4.14. The van der Waals surface area contributed by atoms with Crippen LogP contribution in [0.1, 0.15) is 11.1 Å². The molecule has 0 radical (unpaired) electrons. The largest absolute Gasteiger partial charge is 0.493 e. The maximum atomic E-state index is 12.6. The Morgan fingerprint density at radius 3 is 2.39 bits per heavy atom. The lowest BCUT2D eigenvalue weighted by atomic mass is 10.0. The van der Waals surface area contributed by atoms with Crippen LogP contribution in [-0.4, -0.2) is 93.7 Å². The van der Waals surface area contributed by atoms with Gasteiger partial charge in [-0.2, -0.15) is 0 Å². The average molecular weight is 498 g/mol. The monoisotopic (exact) mass is 497 g/mol. The van der Waals surface area contributed by atoms with Crippen molar-refractivity contribution in [2.24, 2.45) is 0 Å². The molecule has 2 aliphatic rings. The number of aliphatic hydroxyl groups excluding tert-OH is 1. The number of carbonyl (C=O) groups is 2. The summed E-state index contributed by atoms with van der Waals surface area (Å²) in [5.41, 5.74) is 2.69. The van der Waals surface area contributed by atoms with Crippen LogP contribution in [0.3, 0.4) is 0 Å². The number of rotatable bonds is 9. The Balaban J connectivity index is 1.35. The Morgan fingerprint density at radius 2 is 1.72 bits per heavy atom. The molecule has 0 atom stereocenters. The molecular weight excluding hydrogens is 466 g/mol. The second-order valence-corrected chi connectivity index (χ2v) is 8.37. The minimum Gasteiger partial charge on any atom is -0.493 e. The molecule has 2 aromatic carbocycles. The highest BCUT2D eigenvalue weighted by Gasteiger charge is 2.27. The minimum absolute atomic E-state index is 0.0200. The maximum absolute atomic E-state index is 12.6. The smallest absolute Gasteiger partial charge is 0.415 e. The number of hydrogen-bond donors (Lipinski definition) is 2. The molecule has 2 N–H and O–H groups in total. The van der Waals surface area contributed by atoms with Gasteiger partial charge in [0.25, 0.3) is 5.91 Å². The summed E-state index contributed by atoms with van der Waals surface area (Å²) in [6.45, 7) is 4.32. The van der Waals surface area contributed by atoms with Crippen LogP contribution in [0.15, 0.2) is 36.4 Å². The Hall–Kier alpha value is -3.60. The van der Waals surface area contributed by atoms with Gasteiger partial charge in [0, 0.05) is 49.9 Å². The molecule has 10 heteroatoms. The zero-order valence-electron chi connectivity index (χ0n) is 20.5. The van der Waals surface area contributed by atoms with Crippen molar-refractivity contribution in [3.63, 3.8) is 0 Å². The average Bonchev–Trinajstić information content (AvgIpc) is 3.20. The Morgan fingerprint density at radius 1 is 1.03 bits per heavy atom. The molecule has 1 saturated heterocycles. The van der Waals surface area contributed by atoms with Crippen molar-refractivity contribution in [2.75, 3.05) is 72.1 Å². The van der Waals surface area contributed by atoms with E-state index in [1.165, 1.54) is 0 Å². The van der Waals surface area contributed by atoms with Crippen LogP contribution in [0.5, 0.6) is 17.2 Å². The van der Waals surface area contributed by atoms with Gasteiger partial charge >= 0.3 is 6.09 Å². The Kier molecular flexibility index (Phi) is 8.42. The molecule has 0 aliphatic carbocycles. The highest BCUT2D eigenvalue weighted by atomic mass is 16.6. The summed E-state index contributed by atoms with van der Waals surface area (Å²) in [4.78, 5) is 29.1. The predicted octanol–water partition coefficient (Wildman–Crippen LogP) is 2.32. The van der Waals surface area contributed by atoms with Crippen LogP contribution in [0.4, 0.5) is 10.5 Å². The van der Waals surface area contributed by atoms with Crippen LogP contribution in [0.25, 0.3) is 11.6 Å². The summed E-state index contributed by atoms with van der Waals surface area (Å²) in [6, 6.07) is 10.5. The van der Waals surface area contributed by atoms with Gasteiger partial charge in [0.15, 0.2) is 11.5 Å². The normalized spacial score (nSPS) is 16.6. The Bertz CT molecular complexity index is 1110. The van der Waals surface area contributed by atoms with Crippen LogP contribution in [-0.2, 0) is 9.53 Å². The van der Waals surface area contributed by atoms with Crippen LogP contribution < -0.4 is 19.5 Å². The van der Waals surface area contributed by atoms with E-state index >= 15 is 0 Å². The highest BCUT2D eigenvalue weighted by Crippen LogP contribution is 2.41. The summed E-state index contributed by atoms with van der Waals surface area (Å²) < 4.78 is 21.5. The van der Waals surface area contributed by atoms with Gasteiger partial charge in [-0.05, 0) is 29.8 Å². The lowest BCUT2D eigenvalue weighted by Gasteiger charge is -2.33.